The first-order valence-electron chi connectivity index (χ1n) is 6.65. The highest BCUT2D eigenvalue weighted by atomic mass is 127. The predicted octanol–water partition coefficient (Wildman–Crippen LogP) is 3.31. The fourth-order valence-corrected chi connectivity index (χ4v) is 1.60. The Balaban J connectivity index is 0.00000441. The minimum absolute atomic E-state index is 0. The van der Waals surface area contributed by atoms with Crippen molar-refractivity contribution in [1.29, 1.82) is 0 Å². The zero-order valence-electron chi connectivity index (χ0n) is 12.5. The Kier molecular flexibility index (Phi) is 9.22. The van der Waals surface area contributed by atoms with Gasteiger partial charge in [0.15, 0.2) is 5.96 Å². The van der Waals surface area contributed by atoms with Crippen LogP contribution in [0.3, 0.4) is 0 Å². The van der Waals surface area contributed by atoms with E-state index in [1.807, 2.05) is 13.8 Å². The van der Waals surface area contributed by atoms with Gasteiger partial charge < -0.3 is 15.8 Å². The van der Waals surface area contributed by atoms with Crippen LogP contribution in [-0.2, 0) is 6.42 Å². The first-order chi connectivity index (χ1) is 9.78. The molecule has 0 heterocycles. The van der Waals surface area contributed by atoms with Gasteiger partial charge in [0.2, 0.25) is 0 Å². The lowest BCUT2D eigenvalue weighted by molar-refractivity contribution is -0.274. The van der Waals surface area contributed by atoms with E-state index in [0.29, 0.717) is 31.0 Å². The molecular weight excluding hydrogens is 410 g/mol. The van der Waals surface area contributed by atoms with Crippen LogP contribution in [0, 0.1) is 5.92 Å². The topological polar surface area (TPSA) is 59.6 Å². The van der Waals surface area contributed by atoms with Crippen LogP contribution in [0.15, 0.2) is 29.3 Å². The van der Waals surface area contributed by atoms with Gasteiger partial charge in [-0.2, -0.15) is 0 Å². The normalized spacial score (nSPS) is 12.0. The summed E-state index contributed by atoms with van der Waals surface area (Å²) in [5.74, 6) is 0.494. The lowest BCUT2D eigenvalue weighted by Crippen LogP contribution is -2.33. The molecule has 1 rings (SSSR count). The van der Waals surface area contributed by atoms with Gasteiger partial charge in [-0.25, -0.2) is 0 Å². The number of hydrogen-bond donors (Lipinski definition) is 2. The van der Waals surface area contributed by atoms with Crippen LogP contribution >= 0.6 is 24.0 Å². The highest BCUT2D eigenvalue weighted by Crippen LogP contribution is 2.26. The minimum atomic E-state index is -4.69. The molecule has 1 aromatic rings. The molecule has 4 nitrogen and oxygen atoms in total. The number of aliphatic imine (C=N–C) groups is 1. The first kappa shape index (κ1) is 20.8. The Bertz CT molecular complexity index is 479. The van der Waals surface area contributed by atoms with Crippen molar-refractivity contribution in [2.45, 2.75) is 26.6 Å². The van der Waals surface area contributed by atoms with Gasteiger partial charge in [-0.15, -0.1) is 37.1 Å². The van der Waals surface area contributed by atoms with Crippen molar-refractivity contribution in [2.24, 2.45) is 16.6 Å². The van der Waals surface area contributed by atoms with Gasteiger partial charge >= 0.3 is 6.36 Å². The molecule has 0 aliphatic rings. The second-order valence-electron chi connectivity index (χ2n) is 4.95. The molecule has 0 saturated carbocycles. The van der Waals surface area contributed by atoms with E-state index < -0.39 is 6.36 Å². The van der Waals surface area contributed by atoms with Gasteiger partial charge in [-0.3, -0.25) is 4.99 Å². The van der Waals surface area contributed by atoms with Crippen LogP contribution < -0.4 is 15.8 Å². The molecule has 8 heteroatoms. The number of benzene rings is 1. The standard InChI is InChI=1S/C14H20F3N3O.HI/c1-10(2)9-20-13(18)19-8-7-11-5-3-4-6-12(11)21-14(15,16)17;/h3-6,10H,7-9H2,1-2H3,(H3,18,19,20);1H. The molecule has 0 aliphatic carbocycles. The molecule has 0 bridgehead atoms. The maximum absolute atomic E-state index is 12.3. The Morgan fingerprint density at radius 2 is 1.95 bits per heavy atom. The number of rotatable bonds is 6. The van der Waals surface area contributed by atoms with E-state index in [0.717, 1.165) is 0 Å². The quantitative estimate of drug-likeness (QED) is 0.413. The summed E-state index contributed by atoms with van der Waals surface area (Å²) in [4.78, 5) is 4.11. The minimum Gasteiger partial charge on any atom is -0.406 e. The number of hydrogen-bond acceptors (Lipinski definition) is 2. The summed E-state index contributed by atoms with van der Waals surface area (Å²) in [6.07, 6.45) is -4.34. The molecule has 0 aromatic heterocycles. The maximum Gasteiger partial charge on any atom is 0.573 e. The maximum atomic E-state index is 12.3. The molecule has 0 radical (unpaired) electrons. The van der Waals surface area contributed by atoms with Gasteiger partial charge in [0.05, 0.1) is 0 Å². The summed E-state index contributed by atoms with van der Waals surface area (Å²) in [5.41, 5.74) is 6.11. The molecule has 0 spiro atoms. The van der Waals surface area contributed by atoms with Gasteiger partial charge in [0.1, 0.15) is 5.75 Å². The lowest BCUT2D eigenvalue weighted by atomic mass is 10.1. The Labute approximate surface area is 145 Å². The second kappa shape index (κ2) is 9.75. The number of halogens is 4. The average molecular weight is 431 g/mol. The molecule has 3 N–H and O–H groups in total. The third-order valence-corrected chi connectivity index (χ3v) is 2.53. The molecular formula is C14H21F3IN3O. The molecule has 22 heavy (non-hydrogen) atoms. The van der Waals surface area contributed by atoms with Gasteiger partial charge in [-0.1, -0.05) is 32.0 Å². The third-order valence-electron chi connectivity index (χ3n) is 2.53. The summed E-state index contributed by atoms with van der Waals surface area (Å²) in [6.45, 7) is 5.02. The predicted molar refractivity (Wildman–Crippen MR) is 91.6 cm³/mol. The van der Waals surface area contributed by atoms with Crippen LogP contribution in [0.4, 0.5) is 13.2 Å². The zero-order valence-corrected chi connectivity index (χ0v) is 14.8. The molecule has 0 atom stereocenters. The second-order valence-corrected chi connectivity index (χ2v) is 4.95. The molecule has 0 saturated heterocycles. The number of guanidine groups is 1. The van der Waals surface area contributed by atoms with Crippen LogP contribution in [0.2, 0.25) is 0 Å². The molecule has 0 amide bonds. The Morgan fingerprint density at radius 3 is 2.55 bits per heavy atom. The number of nitrogens with one attached hydrogen (secondary N) is 1. The molecule has 126 valence electrons. The largest absolute Gasteiger partial charge is 0.573 e. The molecule has 0 aliphatic heterocycles. The van der Waals surface area contributed by atoms with E-state index in [4.69, 9.17) is 5.73 Å². The Morgan fingerprint density at radius 1 is 1.32 bits per heavy atom. The average Bonchev–Trinajstić information content (AvgIpc) is 2.36. The molecule has 0 unspecified atom stereocenters. The van der Waals surface area contributed by atoms with Crippen molar-refractivity contribution in [3.63, 3.8) is 0 Å². The number of nitrogens with zero attached hydrogens (tertiary/aromatic N) is 1. The van der Waals surface area contributed by atoms with Gasteiger partial charge in [0.25, 0.3) is 0 Å². The fourth-order valence-electron chi connectivity index (χ4n) is 1.60. The SMILES string of the molecule is CC(C)CN=C(N)NCCc1ccccc1OC(F)(F)F.I. The van der Waals surface area contributed by atoms with E-state index in [-0.39, 0.29) is 35.7 Å². The highest BCUT2D eigenvalue weighted by molar-refractivity contribution is 14.0. The number of alkyl halides is 3. The smallest absolute Gasteiger partial charge is 0.406 e. The lowest BCUT2D eigenvalue weighted by Gasteiger charge is -2.13. The van der Waals surface area contributed by atoms with Crippen LogP contribution in [-0.4, -0.2) is 25.4 Å². The van der Waals surface area contributed by atoms with E-state index in [1.54, 1.807) is 12.1 Å². The van der Waals surface area contributed by atoms with E-state index in [2.05, 4.69) is 15.0 Å². The number of para-hydroxylation sites is 1. The first-order valence-corrected chi connectivity index (χ1v) is 6.65. The van der Waals surface area contributed by atoms with Crippen molar-refractivity contribution in [2.75, 3.05) is 13.1 Å². The van der Waals surface area contributed by atoms with Gasteiger partial charge in [0, 0.05) is 13.1 Å². The van der Waals surface area contributed by atoms with Crippen molar-refractivity contribution in [3.05, 3.63) is 29.8 Å². The summed E-state index contributed by atoms with van der Waals surface area (Å²) in [5, 5.41) is 2.87. The number of ether oxygens (including phenoxy) is 1. The number of nitrogens with two attached hydrogens (primary N) is 1. The van der Waals surface area contributed by atoms with E-state index >= 15 is 0 Å². The zero-order chi connectivity index (χ0) is 15.9. The van der Waals surface area contributed by atoms with Crippen molar-refractivity contribution < 1.29 is 17.9 Å². The third kappa shape index (κ3) is 8.96. The van der Waals surface area contributed by atoms with Crippen molar-refractivity contribution >= 4 is 29.9 Å². The molecule has 1 aromatic carbocycles. The monoisotopic (exact) mass is 431 g/mol. The van der Waals surface area contributed by atoms with Crippen molar-refractivity contribution in [3.8, 4) is 5.75 Å². The Hall–Kier alpha value is -1.19. The molecule has 0 fully saturated rings. The van der Waals surface area contributed by atoms with Gasteiger partial charge in [-0.05, 0) is 24.0 Å². The van der Waals surface area contributed by atoms with E-state index in [1.165, 1.54) is 12.1 Å². The van der Waals surface area contributed by atoms with E-state index in [9.17, 15) is 13.2 Å². The summed E-state index contributed by atoms with van der Waals surface area (Å²) in [6, 6.07) is 6.04. The van der Waals surface area contributed by atoms with Crippen LogP contribution in [0.25, 0.3) is 0 Å². The van der Waals surface area contributed by atoms with Crippen LogP contribution in [0.1, 0.15) is 19.4 Å². The van der Waals surface area contributed by atoms with Crippen molar-refractivity contribution in [1.82, 2.24) is 5.32 Å². The summed E-state index contributed by atoms with van der Waals surface area (Å²) in [7, 11) is 0. The summed E-state index contributed by atoms with van der Waals surface area (Å²) < 4.78 is 40.8. The van der Waals surface area contributed by atoms with Crippen LogP contribution in [0.5, 0.6) is 5.75 Å². The fraction of sp³-hybridized carbons (Fsp3) is 0.500. The summed E-state index contributed by atoms with van der Waals surface area (Å²) >= 11 is 0. The highest BCUT2D eigenvalue weighted by Gasteiger charge is 2.31.